The van der Waals surface area contributed by atoms with Crippen LogP contribution in [0.2, 0.25) is 5.02 Å². The van der Waals surface area contributed by atoms with Gasteiger partial charge in [-0.05, 0) is 74.2 Å². The number of anilines is 1. The first-order chi connectivity index (χ1) is 14.8. The third-order valence-corrected chi connectivity index (χ3v) is 5.84. The van der Waals surface area contributed by atoms with Crippen LogP contribution >= 0.6 is 11.6 Å². The number of amides is 1. The number of carbonyl (C=O) groups is 1. The van der Waals surface area contributed by atoms with Crippen LogP contribution < -0.4 is 10.6 Å². The van der Waals surface area contributed by atoms with Crippen molar-refractivity contribution in [3.8, 4) is 0 Å². The van der Waals surface area contributed by atoms with E-state index < -0.39 is 11.7 Å². The Hall–Kier alpha value is -2.80. The van der Waals surface area contributed by atoms with Gasteiger partial charge >= 0.3 is 6.18 Å². The summed E-state index contributed by atoms with van der Waals surface area (Å²) in [6, 6.07) is 12.1. The van der Waals surface area contributed by atoms with E-state index in [2.05, 4.69) is 15.6 Å². The minimum Gasteiger partial charge on any atom is -0.382 e. The van der Waals surface area contributed by atoms with Crippen molar-refractivity contribution in [3.05, 3.63) is 70.9 Å². The molecular weight excluding hydrogens is 427 g/mol. The van der Waals surface area contributed by atoms with Gasteiger partial charge in [0.2, 0.25) is 0 Å². The minimum atomic E-state index is -4.41. The Morgan fingerprint density at radius 1 is 0.968 bits per heavy atom. The number of hydrogen-bond donors (Lipinski definition) is 2. The molecule has 1 aromatic heterocycles. The number of nitrogens with zero attached hydrogens (tertiary/aromatic N) is 1. The molecule has 1 aliphatic rings. The number of halogens is 4. The number of rotatable bonds is 4. The van der Waals surface area contributed by atoms with Crippen molar-refractivity contribution in [1.29, 1.82) is 0 Å². The molecule has 1 heterocycles. The van der Waals surface area contributed by atoms with Gasteiger partial charge in [0.25, 0.3) is 5.91 Å². The van der Waals surface area contributed by atoms with Crippen LogP contribution in [0.25, 0.3) is 10.9 Å². The lowest BCUT2D eigenvalue weighted by molar-refractivity contribution is -0.137. The zero-order chi connectivity index (χ0) is 22.0. The van der Waals surface area contributed by atoms with Crippen LogP contribution in [-0.2, 0) is 6.18 Å². The molecule has 1 aliphatic carbocycles. The van der Waals surface area contributed by atoms with E-state index >= 15 is 0 Å². The average molecular weight is 448 g/mol. The summed E-state index contributed by atoms with van der Waals surface area (Å²) < 4.78 is 38.0. The Labute approximate surface area is 182 Å². The average Bonchev–Trinajstić information content (AvgIpc) is 2.74. The number of hydrogen-bond acceptors (Lipinski definition) is 3. The molecule has 0 radical (unpaired) electrons. The highest BCUT2D eigenvalue weighted by molar-refractivity contribution is 6.31. The summed E-state index contributed by atoms with van der Waals surface area (Å²) in [4.78, 5) is 16.7. The van der Waals surface area contributed by atoms with E-state index in [-0.39, 0.29) is 23.6 Å². The molecule has 4 rings (SSSR count). The molecule has 1 fully saturated rings. The van der Waals surface area contributed by atoms with Crippen molar-refractivity contribution < 1.29 is 18.0 Å². The number of fused-ring (bicyclic) bond motifs is 1. The largest absolute Gasteiger partial charge is 0.416 e. The Bertz CT molecular complexity index is 1080. The van der Waals surface area contributed by atoms with Gasteiger partial charge in [0, 0.05) is 39.9 Å². The maximum absolute atomic E-state index is 12.7. The lowest BCUT2D eigenvalue weighted by Crippen LogP contribution is -2.40. The monoisotopic (exact) mass is 447 g/mol. The quantitative estimate of drug-likeness (QED) is 0.511. The smallest absolute Gasteiger partial charge is 0.382 e. The minimum absolute atomic E-state index is 0.000772. The fraction of sp³-hybridized carbons (Fsp3) is 0.304. The van der Waals surface area contributed by atoms with E-state index in [1.165, 1.54) is 12.1 Å². The summed E-state index contributed by atoms with van der Waals surface area (Å²) in [5.41, 5.74) is 1.30. The van der Waals surface area contributed by atoms with Gasteiger partial charge in [-0.1, -0.05) is 11.6 Å². The van der Waals surface area contributed by atoms with Crippen LogP contribution in [0.1, 0.15) is 41.6 Å². The molecule has 1 amide bonds. The molecule has 0 spiro atoms. The molecule has 31 heavy (non-hydrogen) atoms. The first kappa shape index (κ1) is 21.4. The van der Waals surface area contributed by atoms with E-state index in [4.69, 9.17) is 11.6 Å². The first-order valence-electron chi connectivity index (χ1n) is 10.1. The van der Waals surface area contributed by atoms with Gasteiger partial charge in [0.1, 0.15) is 0 Å². The lowest BCUT2D eigenvalue weighted by atomic mass is 9.90. The first-order valence-corrected chi connectivity index (χ1v) is 10.5. The van der Waals surface area contributed by atoms with Crippen LogP contribution in [0, 0.1) is 0 Å². The number of pyridine rings is 1. The summed E-state index contributed by atoms with van der Waals surface area (Å²) >= 11 is 6.05. The molecule has 2 aromatic carbocycles. The Balaban J connectivity index is 1.32. The Kier molecular flexibility index (Phi) is 6.05. The van der Waals surface area contributed by atoms with Crippen molar-refractivity contribution in [1.82, 2.24) is 10.3 Å². The van der Waals surface area contributed by atoms with Gasteiger partial charge in [0.05, 0.1) is 11.1 Å². The zero-order valence-corrected chi connectivity index (χ0v) is 17.3. The van der Waals surface area contributed by atoms with E-state index in [0.29, 0.717) is 5.02 Å². The van der Waals surface area contributed by atoms with Crippen LogP contribution in [0.15, 0.2) is 54.7 Å². The Morgan fingerprint density at radius 2 is 1.65 bits per heavy atom. The summed E-state index contributed by atoms with van der Waals surface area (Å²) in [6.45, 7) is 0. The zero-order valence-electron chi connectivity index (χ0n) is 16.5. The molecule has 2 N–H and O–H groups in total. The second kappa shape index (κ2) is 8.75. The third kappa shape index (κ3) is 5.10. The predicted octanol–water partition coefficient (Wildman–Crippen LogP) is 6.06. The highest BCUT2D eigenvalue weighted by Crippen LogP contribution is 2.30. The maximum atomic E-state index is 12.7. The van der Waals surface area contributed by atoms with Crippen molar-refractivity contribution >= 4 is 34.1 Å². The number of benzene rings is 2. The van der Waals surface area contributed by atoms with E-state index in [0.717, 1.165) is 54.4 Å². The highest BCUT2D eigenvalue weighted by atomic mass is 35.5. The van der Waals surface area contributed by atoms with E-state index in [1.807, 2.05) is 24.3 Å². The Morgan fingerprint density at radius 3 is 2.32 bits per heavy atom. The third-order valence-electron chi connectivity index (χ3n) is 5.60. The molecule has 0 aliphatic heterocycles. The molecule has 0 unspecified atom stereocenters. The molecule has 3 aromatic rings. The number of carbonyl (C=O) groups excluding carboxylic acids is 1. The molecular formula is C23H21ClF3N3O. The fourth-order valence-corrected chi connectivity index (χ4v) is 4.09. The highest BCUT2D eigenvalue weighted by Gasteiger charge is 2.30. The van der Waals surface area contributed by atoms with Gasteiger partial charge < -0.3 is 10.6 Å². The summed E-state index contributed by atoms with van der Waals surface area (Å²) in [6.07, 6.45) is 0.659. The van der Waals surface area contributed by atoms with Crippen LogP contribution in [0.4, 0.5) is 18.9 Å². The number of alkyl halides is 3. The van der Waals surface area contributed by atoms with E-state index in [9.17, 15) is 18.0 Å². The standard InChI is InChI=1S/C23H21ClF3N3O/c24-16-5-10-19-20(11-12-28-21(19)13-16)29-17-6-8-18(9-7-17)30-22(31)14-1-3-15(4-2-14)23(25,26)27/h1-5,10-13,17-18H,6-9H2,(H,28,29)(H,30,31)/t17-,18+. The summed E-state index contributed by atoms with van der Waals surface area (Å²) in [5, 5.41) is 8.15. The number of nitrogens with one attached hydrogen (secondary N) is 2. The van der Waals surface area contributed by atoms with Gasteiger partial charge in [-0.25, -0.2) is 0 Å². The van der Waals surface area contributed by atoms with Crippen LogP contribution in [0.5, 0.6) is 0 Å². The maximum Gasteiger partial charge on any atom is 0.416 e. The molecule has 0 bridgehead atoms. The van der Waals surface area contributed by atoms with Crippen LogP contribution in [0.3, 0.4) is 0 Å². The van der Waals surface area contributed by atoms with Gasteiger partial charge in [-0.2, -0.15) is 13.2 Å². The lowest BCUT2D eigenvalue weighted by Gasteiger charge is -2.30. The molecule has 4 nitrogen and oxygen atoms in total. The predicted molar refractivity (Wildman–Crippen MR) is 115 cm³/mol. The molecule has 0 saturated heterocycles. The summed E-state index contributed by atoms with van der Waals surface area (Å²) in [7, 11) is 0. The van der Waals surface area contributed by atoms with Gasteiger partial charge in [-0.15, -0.1) is 0 Å². The fourth-order valence-electron chi connectivity index (χ4n) is 3.93. The summed E-state index contributed by atoms with van der Waals surface area (Å²) in [5.74, 6) is -0.345. The SMILES string of the molecule is O=C(N[C@H]1CC[C@@H](Nc2ccnc3cc(Cl)ccc23)CC1)c1ccc(C(F)(F)F)cc1. The van der Waals surface area contributed by atoms with Crippen LogP contribution in [-0.4, -0.2) is 23.0 Å². The van der Waals surface area contributed by atoms with Gasteiger partial charge in [0.15, 0.2) is 0 Å². The molecule has 1 saturated carbocycles. The number of aromatic nitrogens is 1. The van der Waals surface area contributed by atoms with E-state index in [1.54, 1.807) is 6.20 Å². The second-order valence-electron chi connectivity index (χ2n) is 7.76. The molecule has 8 heteroatoms. The second-order valence-corrected chi connectivity index (χ2v) is 8.20. The van der Waals surface area contributed by atoms with Crippen molar-refractivity contribution in [2.24, 2.45) is 0 Å². The topological polar surface area (TPSA) is 54.0 Å². The van der Waals surface area contributed by atoms with Crippen molar-refractivity contribution in [2.75, 3.05) is 5.32 Å². The van der Waals surface area contributed by atoms with Crippen molar-refractivity contribution in [2.45, 2.75) is 43.9 Å². The van der Waals surface area contributed by atoms with Crippen molar-refractivity contribution in [3.63, 3.8) is 0 Å². The van der Waals surface area contributed by atoms with Gasteiger partial charge in [-0.3, -0.25) is 9.78 Å². The normalized spacial score (nSPS) is 19.2. The molecule has 0 atom stereocenters. The molecule has 162 valence electrons.